The first kappa shape index (κ1) is 25.4. The number of aromatic nitrogens is 3. The molecule has 4 rings (SSSR count). The summed E-state index contributed by atoms with van der Waals surface area (Å²) in [6.07, 6.45) is 2.37. The number of nitrogens with one attached hydrogen (secondary N) is 1. The van der Waals surface area contributed by atoms with Gasteiger partial charge >= 0.3 is 5.92 Å². The number of fused-ring (bicyclic) bond motifs is 1. The molecule has 0 saturated heterocycles. The quantitative estimate of drug-likeness (QED) is 0.389. The highest BCUT2D eigenvalue weighted by Gasteiger charge is 2.46. The summed E-state index contributed by atoms with van der Waals surface area (Å²) in [6, 6.07) is 3.87. The van der Waals surface area contributed by atoms with Crippen molar-refractivity contribution < 1.29 is 31.8 Å². The first-order chi connectivity index (χ1) is 16.8. The molecule has 0 aliphatic carbocycles. The summed E-state index contributed by atoms with van der Waals surface area (Å²) in [5.74, 6) is -4.83. The summed E-state index contributed by atoms with van der Waals surface area (Å²) < 4.78 is 73.4. The topological polar surface area (TPSA) is 141 Å². The molecule has 0 bridgehead atoms. The van der Waals surface area contributed by atoms with E-state index >= 15 is 0 Å². The minimum absolute atomic E-state index is 0.0481. The normalized spacial score (nSPS) is 16.5. The number of hydrogen-bond donors (Lipinski definition) is 3. The number of amides is 1. The van der Waals surface area contributed by atoms with Gasteiger partial charge in [-0.1, -0.05) is 0 Å². The summed E-state index contributed by atoms with van der Waals surface area (Å²) >= 11 is 0. The lowest BCUT2D eigenvalue weighted by atomic mass is 10.1. The molecule has 0 saturated carbocycles. The van der Waals surface area contributed by atoms with Gasteiger partial charge in [0.25, 0.3) is 5.91 Å². The van der Waals surface area contributed by atoms with Gasteiger partial charge in [0.1, 0.15) is 16.4 Å². The molecule has 0 unspecified atom stereocenters. The Kier molecular flexibility index (Phi) is 6.21. The minimum Gasteiger partial charge on any atom is -0.397 e. The van der Waals surface area contributed by atoms with Crippen LogP contribution in [0.2, 0.25) is 0 Å². The summed E-state index contributed by atoms with van der Waals surface area (Å²) in [7, 11) is -1.29. The van der Waals surface area contributed by atoms with Crippen LogP contribution in [0.3, 0.4) is 0 Å². The van der Waals surface area contributed by atoms with Crippen molar-refractivity contribution in [3.8, 4) is 0 Å². The average Bonchev–Trinajstić information content (AvgIpc) is 3.34. The summed E-state index contributed by atoms with van der Waals surface area (Å²) in [4.78, 5) is 16.8. The van der Waals surface area contributed by atoms with Crippen molar-refractivity contribution in [3.05, 3.63) is 58.6 Å². The van der Waals surface area contributed by atoms with Gasteiger partial charge in [-0.25, -0.2) is 17.8 Å². The molecule has 5 N–H and O–H groups in total. The number of rotatable bonds is 6. The van der Waals surface area contributed by atoms with Crippen molar-refractivity contribution in [2.75, 3.05) is 13.1 Å². The van der Waals surface area contributed by atoms with Gasteiger partial charge in [0.15, 0.2) is 6.21 Å². The van der Waals surface area contributed by atoms with E-state index in [0.29, 0.717) is 15.3 Å². The van der Waals surface area contributed by atoms with Crippen molar-refractivity contribution >= 4 is 33.2 Å². The minimum atomic E-state index is -4.45. The van der Waals surface area contributed by atoms with Crippen LogP contribution in [0.1, 0.15) is 21.7 Å². The zero-order chi connectivity index (χ0) is 26.6. The van der Waals surface area contributed by atoms with E-state index in [9.17, 15) is 26.4 Å². The third-order valence-electron chi connectivity index (χ3n) is 6.35. The molecule has 36 heavy (non-hydrogen) atoms. The molecule has 1 aromatic carbocycles. The second-order valence-electron chi connectivity index (χ2n) is 8.55. The van der Waals surface area contributed by atoms with Gasteiger partial charge < -0.3 is 20.2 Å². The molecule has 0 radical (unpaired) electrons. The van der Waals surface area contributed by atoms with Crippen LogP contribution >= 0.6 is 0 Å². The monoisotopic (exact) mass is 524 g/mol. The van der Waals surface area contributed by atoms with Gasteiger partial charge in [-0.15, -0.1) is 0 Å². The number of sulfonamides is 1. The number of carbonyl (C=O) groups is 1. The first-order valence-electron chi connectivity index (χ1n) is 10.7. The molecule has 1 aliphatic rings. The number of aryl methyl sites for hydroxylation is 1. The highest BCUT2D eigenvalue weighted by Crippen LogP contribution is 2.33. The number of nitrogens with zero attached hydrogens (tertiary/aromatic N) is 4. The number of carbonyl (C=O) groups excluding carboxylic acids is 1. The van der Waals surface area contributed by atoms with Gasteiger partial charge in [0.05, 0.1) is 35.2 Å². The Bertz CT molecular complexity index is 1540. The Labute approximate surface area is 204 Å². The fraction of sp³-hybridized carbons (Fsp3) is 0.318. The van der Waals surface area contributed by atoms with Crippen LogP contribution in [-0.2, 0) is 30.7 Å². The molecule has 192 valence electrons. The maximum atomic E-state index is 14.5. The van der Waals surface area contributed by atoms with E-state index in [1.165, 1.54) is 37.0 Å². The zero-order valence-electron chi connectivity index (χ0n) is 19.7. The fourth-order valence-electron chi connectivity index (χ4n) is 4.21. The number of alkyl halides is 2. The van der Waals surface area contributed by atoms with E-state index in [0.717, 1.165) is 12.3 Å². The summed E-state index contributed by atoms with van der Waals surface area (Å²) in [5, 5.41) is 7.98. The van der Waals surface area contributed by atoms with Crippen LogP contribution in [0.4, 0.5) is 13.2 Å². The third-order valence-corrected chi connectivity index (χ3v) is 8.26. The number of nitrogens with two attached hydrogens (primary N) is 2. The van der Waals surface area contributed by atoms with Gasteiger partial charge in [0, 0.05) is 38.4 Å². The second-order valence-corrected chi connectivity index (χ2v) is 10.5. The van der Waals surface area contributed by atoms with Crippen LogP contribution in [0, 0.1) is 12.7 Å². The third kappa shape index (κ3) is 4.05. The molecule has 1 aliphatic heterocycles. The number of benzene rings is 1. The highest BCUT2D eigenvalue weighted by atomic mass is 32.2. The molecule has 10 nitrogen and oxygen atoms in total. The molecule has 0 spiro atoms. The number of hydrogen-bond acceptors (Lipinski definition) is 5. The fourth-order valence-corrected chi connectivity index (χ4v) is 5.90. The largest absolute Gasteiger partial charge is 0.397 e. The maximum absolute atomic E-state index is 14.5. The Morgan fingerprint density at radius 2 is 2.03 bits per heavy atom. The van der Waals surface area contributed by atoms with Crippen molar-refractivity contribution in [3.63, 3.8) is 0 Å². The van der Waals surface area contributed by atoms with Gasteiger partial charge in [-0.2, -0.15) is 13.1 Å². The van der Waals surface area contributed by atoms with Crippen LogP contribution in [0.15, 0.2) is 40.7 Å². The maximum Gasteiger partial charge on any atom is 0.301 e. The highest BCUT2D eigenvalue weighted by molar-refractivity contribution is 7.89. The SMILES string of the molecule is Cc1c(S(=O)(=O)N2CC(C=[NH2+])=C(N)C(F)(F)C2)cc(C(=O)NCc2c(F)ccc3ncn(C)c23)n1C. The van der Waals surface area contributed by atoms with Gasteiger partial charge in [0.2, 0.25) is 10.0 Å². The van der Waals surface area contributed by atoms with Crippen molar-refractivity contribution in [1.82, 2.24) is 23.7 Å². The molecule has 0 atom stereocenters. The summed E-state index contributed by atoms with van der Waals surface area (Å²) in [6.45, 7) is -0.347. The molecule has 2 aromatic heterocycles. The lowest BCUT2D eigenvalue weighted by Crippen LogP contribution is -2.51. The average molecular weight is 525 g/mol. The van der Waals surface area contributed by atoms with Gasteiger partial charge in [-0.3, -0.25) is 10.2 Å². The van der Waals surface area contributed by atoms with Crippen LogP contribution in [0.25, 0.3) is 11.0 Å². The van der Waals surface area contributed by atoms with E-state index in [1.54, 1.807) is 11.6 Å². The lowest BCUT2D eigenvalue weighted by Gasteiger charge is -2.32. The van der Waals surface area contributed by atoms with E-state index in [-0.39, 0.29) is 34.0 Å². The van der Waals surface area contributed by atoms with E-state index in [4.69, 9.17) is 11.1 Å². The smallest absolute Gasteiger partial charge is 0.301 e. The first-order valence-corrected chi connectivity index (χ1v) is 12.2. The van der Waals surface area contributed by atoms with Crippen LogP contribution in [0.5, 0.6) is 0 Å². The van der Waals surface area contributed by atoms with Crippen molar-refractivity contribution in [1.29, 1.82) is 0 Å². The Morgan fingerprint density at radius 3 is 2.69 bits per heavy atom. The lowest BCUT2D eigenvalue weighted by molar-refractivity contribution is -0.105. The summed E-state index contributed by atoms with van der Waals surface area (Å²) in [5.41, 5.74) is 5.84. The number of halogens is 3. The Balaban J connectivity index is 1.63. The van der Waals surface area contributed by atoms with E-state index in [2.05, 4.69) is 10.3 Å². The molecule has 3 heterocycles. The second kappa shape index (κ2) is 8.78. The Hall–Kier alpha value is -3.65. The standard InChI is InChI=1S/C22H24F3N7O3S/c1-12-18(36(34,35)32-9-13(7-26)20(27)22(24,25)10-32)6-17(31(12)3)21(33)28-8-14-15(23)4-5-16-19(14)30(2)11-29-16/h4-7,11,26H,8-10,27H2,1-3H3,(H,28,33)/p+1. The molecular weight excluding hydrogens is 499 g/mol. The van der Waals surface area contributed by atoms with Crippen molar-refractivity contribution in [2.45, 2.75) is 24.3 Å². The zero-order valence-corrected chi connectivity index (χ0v) is 20.5. The Morgan fingerprint density at radius 1 is 1.33 bits per heavy atom. The van der Waals surface area contributed by atoms with Gasteiger partial charge in [-0.05, 0) is 25.1 Å². The van der Waals surface area contributed by atoms with E-state index in [1.807, 2.05) is 0 Å². The molecule has 1 amide bonds. The number of imidazole rings is 1. The van der Waals surface area contributed by atoms with Crippen molar-refractivity contribution in [2.24, 2.45) is 19.8 Å². The molecule has 14 heteroatoms. The predicted molar refractivity (Wildman–Crippen MR) is 125 cm³/mol. The van der Waals surface area contributed by atoms with Crippen LogP contribution in [-0.4, -0.2) is 58.0 Å². The van der Waals surface area contributed by atoms with E-state index < -0.39 is 46.5 Å². The molecule has 3 aromatic rings. The molecular formula is C22H25F3N7O3S+. The predicted octanol–water partition coefficient (Wildman–Crippen LogP) is -0.0284. The van der Waals surface area contributed by atoms with Crippen LogP contribution < -0.4 is 16.5 Å². The molecule has 0 fully saturated rings.